The topological polar surface area (TPSA) is 99.3 Å². The summed E-state index contributed by atoms with van der Waals surface area (Å²) in [6.07, 6.45) is 0.354. The SMILES string of the molecule is CCC(=O)Nc1ccc(C)c(NC(=O)CNC(=O)NCc2ccc(F)cc2)c1. The molecule has 28 heavy (non-hydrogen) atoms. The molecular weight excluding hydrogens is 363 g/mol. The quantitative estimate of drug-likeness (QED) is 0.589. The van der Waals surface area contributed by atoms with Crippen molar-refractivity contribution >= 4 is 29.2 Å². The van der Waals surface area contributed by atoms with Gasteiger partial charge in [-0.05, 0) is 42.3 Å². The fraction of sp³-hybridized carbons (Fsp3) is 0.250. The van der Waals surface area contributed by atoms with Crippen molar-refractivity contribution < 1.29 is 18.8 Å². The Kier molecular flexibility index (Phi) is 7.50. The van der Waals surface area contributed by atoms with Crippen LogP contribution in [-0.2, 0) is 16.1 Å². The minimum absolute atomic E-state index is 0.124. The van der Waals surface area contributed by atoms with Crippen molar-refractivity contribution in [3.05, 3.63) is 59.4 Å². The fourth-order valence-corrected chi connectivity index (χ4v) is 2.29. The standard InChI is InChI=1S/C20H23FN4O3/c1-3-18(26)24-16-9-4-13(2)17(10-16)25-19(27)12-23-20(28)22-11-14-5-7-15(21)8-6-14/h4-10H,3,11-12H2,1-2H3,(H,24,26)(H,25,27)(H2,22,23,28). The average Bonchev–Trinajstić information content (AvgIpc) is 2.68. The first kappa shape index (κ1) is 20.9. The van der Waals surface area contributed by atoms with E-state index in [1.165, 1.54) is 12.1 Å². The smallest absolute Gasteiger partial charge is 0.315 e. The lowest BCUT2D eigenvalue weighted by Crippen LogP contribution is -2.39. The van der Waals surface area contributed by atoms with Gasteiger partial charge in [-0.3, -0.25) is 9.59 Å². The molecule has 0 radical (unpaired) electrons. The molecule has 2 aromatic rings. The summed E-state index contributed by atoms with van der Waals surface area (Å²) in [7, 11) is 0. The monoisotopic (exact) mass is 386 g/mol. The number of anilines is 2. The van der Waals surface area contributed by atoms with Crippen LogP contribution in [0.3, 0.4) is 0 Å². The molecule has 0 aliphatic carbocycles. The number of rotatable bonds is 7. The van der Waals surface area contributed by atoms with Gasteiger partial charge in [0.25, 0.3) is 0 Å². The molecule has 0 heterocycles. The van der Waals surface area contributed by atoms with Gasteiger partial charge in [-0.25, -0.2) is 9.18 Å². The van der Waals surface area contributed by atoms with Crippen molar-refractivity contribution in [1.82, 2.24) is 10.6 Å². The molecule has 148 valence electrons. The van der Waals surface area contributed by atoms with Gasteiger partial charge in [-0.2, -0.15) is 0 Å². The molecular formula is C20H23FN4O3. The van der Waals surface area contributed by atoms with Crippen LogP contribution < -0.4 is 21.3 Å². The van der Waals surface area contributed by atoms with Crippen molar-refractivity contribution in [3.8, 4) is 0 Å². The second-order valence-electron chi connectivity index (χ2n) is 6.14. The zero-order valence-electron chi connectivity index (χ0n) is 15.8. The molecule has 0 fully saturated rings. The molecule has 0 aliphatic heterocycles. The molecule has 4 amide bonds. The van der Waals surface area contributed by atoms with Crippen molar-refractivity contribution in [2.75, 3.05) is 17.2 Å². The molecule has 0 aromatic heterocycles. The van der Waals surface area contributed by atoms with Crippen LogP contribution in [-0.4, -0.2) is 24.4 Å². The number of nitrogens with one attached hydrogen (secondary N) is 4. The van der Waals surface area contributed by atoms with E-state index < -0.39 is 11.9 Å². The van der Waals surface area contributed by atoms with Gasteiger partial charge < -0.3 is 21.3 Å². The highest BCUT2D eigenvalue weighted by Crippen LogP contribution is 2.20. The normalized spacial score (nSPS) is 10.1. The molecule has 0 aliphatic rings. The van der Waals surface area contributed by atoms with E-state index in [9.17, 15) is 18.8 Å². The summed E-state index contributed by atoms with van der Waals surface area (Å²) >= 11 is 0. The summed E-state index contributed by atoms with van der Waals surface area (Å²) in [5.41, 5.74) is 2.69. The predicted molar refractivity (Wildman–Crippen MR) is 105 cm³/mol. The Hall–Kier alpha value is -3.42. The van der Waals surface area contributed by atoms with Crippen molar-refractivity contribution in [3.63, 3.8) is 0 Å². The lowest BCUT2D eigenvalue weighted by atomic mass is 10.1. The van der Waals surface area contributed by atoms with Crippen LogP contribution >= 0.6 is 0 Å². The van der Waals surface area contributed by atoms with Gasteiger partial charge in [-0.1, -0.05) is 25.1 Å². The van der Waals surface area contributed by atoms with Crippen LogP contribution in [0.4, 0.5) is 20.6 Å². The van der Waals surface area contributed by atoms with Crippen molar-refractivity contribution in [2.45, 2.75) is 26.8 Å². The Labute approximate surface area is 162 Å². The molecule has 2 aromatic carbocycles. The van der Waals surface area contributed by atoms with Crippen LogP contribution in [0.15, 0.2) is 42.5 Å². The van der Waals surface area contributed by atoms with E-state index in [0.29, 0.717) is 17.8 Å². The van der Waals surface area contributed by atoms with Crippen LogP contribution in [0.2, 0.25) is 0 Å². The summed E-state index contributed by atoms with van der Waals surface area (Å²) in [6.45, 7) is 3.56. The molecule has 0 spiro atoms. The van der Waals surface area contributed by atoms with E-state index in [4.69, 9.17) is 0 Å². The number of halogens is 1. The maximum absolute atomic E-state index is 12.8. The van der Waals surface area contributed by atoms with Gasteiger partial charge in [0.05, 0.1) is 6.54 Å². The third-order valence-electron chi connectivity index (χ3n) is 3.89. The second kappa shape index (κ2) is 10.1. The summed E-state index contributed by atoms with van der Waals surface area (Å²) in [5, 5.41) is 10.5. The molecule has 0 saturated heterocycles. The Morgan fingerprint density at radius 1 is 0.929 bits per heavy atom. The third-order valence-corrected chi connectivity index (χ3v) is 3.89. The van der Waals surface area contributed by atoms with Gasteiger partial charge in [0, 0.05) is 24.3 Å². The number of urea groups is 1. The largest absolute Gasteiger partial charge is 0.334 e. The molecule has 7 nitrogen and oxygen atoms in total. The number of carbonyl (C=O) groups excluding carboxylic acids is 3. The predicted octanol–water partition coefficient (Wildman–Crippen LogP) is 2.92. The van der Waals surface area contributed by atoms with Gasteiger partial charge in [-0.15, -0.1) is 0 Å². The zero-order valence-corrected chi connectivity index (χ0v) is 15.8. The highest BCUT2D eigenvalue weighted by atomic mass is 19.1. The van der Waals surface area contributed by atoms with Crippen LogP contribution in [0, 0.1) is 12.7 Å². The number of hydrogen-bond donors (Lipinski definition) is 4. The van der Waals surface area contributed by atoms with E-state index in [1.54, 1.807) is 37.3 Å². The molecule has 2 rings (SSSR count). The molecule has 8 heteroatoms. The number of aryl methyl sites for hydroxylation is 1. The first-order valence-corrected chi connectivity index (χ1v) is 8.84. The lowest BCUT2D eigenvalue weighted by Gasteiger charge is -2.12. The molecule has 4 N–H and O–H groups in total. The molecule has 0 bridgehead atoms. The van der Waals surface area contributed by atoms with E-state index in [2.05, 4.69) is 21.3 Å². The first-order chi connectivity index (χ1) is 13.4. The summed E-state index contributed by atoms with van der Waals surface area (Å²) in [5.74, 6) is -0.877. The lowest BCUT2D eigenvalue weighted by molar-refractivity contribution is -0.116. The number of carbonyl (C=O) groups is 3. The third kappa shape index (κ3) is 6.71. The first-order valence-electron chi connectivity index (χ1n) is 8.84. The molecule has 0 atom stereocenters. The minimum atomic E-state index is -0.514. The summed E-state index contributed by atoms with van der Waals surface area (Å²) < 4.78 is 12.8. The fourth-order valence-electron chi connectivity index (χ4n) is 2.29. The van der Waals surface area contributed by atoms with E-state index in [-0.39, 0.29) is 24.8 Å². The molecule has 0 unspecified atom stereocenters. The van der Waals surface area contributed by atoms with Crippen LogP contribution in [0.5, 0.6) is 0 Å². The minimum Gasteiger partial charge on any atom is -0.334 e. The van der Waals surface area contributed by atoms with Crippen LogP contribution in [0.25, 0.3) is 0 Å². The van der Waals surface area contributed by atoms with E-state index in [0.717, 1.165) is 11.1 Å². The average molecular weight is 386 g/mol. The highest BCUT2D eigenvalue weighted by molar-refractivity contribution is 5.96. The van der Waals surface area contributed by atoms with Gasteiger partial charge in [0.1, 0.15) is 5.82 Å². The Morgan fingerprint density at radius 3 is 2.32 bits per heavy atom. The molecule has 0 saturated carbocycles. The van der Waals surface area contributed by atoms with E-state index >= 15 is 0 Å². The van der Waals surface area contributed by atoms with Gasteiger partial charge >= 0.3 is 6.03 Å². The number of amides is 4. The van der Waals surface area contributed by atoms with E-state index in [1.807, 2.05) is 6.92 Å². The van der Waals surface area contributed by atoms with Crippen LogP contribution in [0.1, 0.15) is 24.5 Å². The summed E-state index contributed by atoms with van der Waals surface area (Å²) in [6, 6.07) is 10.4. The Morgan fingerprint density at radius 2 is 1.64 bits per heavy atom. The number of benzene rings is 2. The second-order valence-corrected chi connectivity index (χ2v) is 6.14. The maximum atomic E-state index is 12.8. The number of hydrogen-bond acceptors (Lipinski definition) is 3. The summed E-state index contributed by atoms with van der Waals surface area (Å²) in [4.78, 5) is 35.4. The van der Waals surface area contributed by atoms with Gasteiger partial charge in [0.15, 0.2) is 0 Å². The van der Waals surface area contributed by atoms with Crippen molar-refractivity contribution in [1.29, 1.82) is 0 Å². The van der Waals surface area contributed by atoms with Gasteiger partial charge in [0.2, 0.25) is 11.8 Å². The Balaban J connectivity index is 1.81. The zero-order chi connectivity index (χ0) is 20.5. The van der Waals surface area contributed by atoms with Crippen molar-refractivity contribution in [2.24, 2.45) is 0 Å². The maximum Gasteiger partial charge on any atom is 0.315 e. The highest BCUT2D eigenvalue weighted by Gasteiger charge is 2.09. The Bertz CT molecular complexity index is 853.